The van der Waals surface area contributed by atoms with Crippen molar-refractivity contribution in [3.63, 3.8) is 0 Å². The third kappa shape index (κ3) is 4.98. The molecular weight excluding hydrogens is 436 g/mol. The van der Waals surface area contributed by atoms with Crippen LogP contribution in [0, 0.1) is 5.92 Å². The van der Waals surface area contributed by atoms with Gasteiger partial charge in [0.25, 0.3) is 0 Å². The van der Waals surface area contributed by atoms with Gasteiger partial charge in [0.1, 0.15) is 12.3 Å². The van der Waals surface area contributed by atoms with Gasteiger partial charge in [-0.3, -0.25) is 9.78 Å². The number of anilines is 1. The molecule has 1 aromatic carbocycles. The number of sulfone groups is 1. The number of aryl methyl sites for hydroxylation is 1. The molecule has 172 valence electrons. The first-order chi connectivity index (χ1) is 15.3. The minimum atomic E-state index is -3.34. The van der Waals surface area contributed by atoms with Crippen molar-refractivity contribution in [3.8, 4) is 0 Å². The van der Waals surface area contributed by atoms with Gasteiger partial charge in [0.2, 0.25) is 5.91 Å². The average Bonchev–Trinajstić information content (AvgIpc) is 3.59. The fourth-order valence-electron chi connectivity index (χ4n) is 4.22. The summed E-state index contributed by atoms with van der Waals surface area (Å²) < 4.78 is 52.4. The summed E-state index contributed by atoms with van der Waals surface area (Å²) in [7, 11) is -3.34. The number of alkyl halides is 2. The molecule has 6 nitrogen and oxygen atoms in total. The highest BCUT2D eigenvalue weighted by atomic mass is 32.2. The molecule has 1 amide bonds. The molecule has 9 heteroatoms. The number of aromatic nitrogens is 2. The van der Waals surface area contributed by atoms with Crippen LogP contribution in [0.3, 0.4) is 0 Å². The molecule has 2 unspecified atom stereocenters. The Labute approximate surface area is 186 Å². The number of carbonyl (C=O) groups excluding carboxylic acids is 1. The van der Waals surface area contributed by atoms with Gasteiger partial charge in [0.15, 0.2) is 15.7 Å². The van der Waals surface area contributed by atoms with Gasteiger partial charge in [-0.05, 0) is 62.1 Å². The van der Waals surface area contributed by atoms with Gasteiger partial charge in [0.05, 0.1) is 34.2 Å². The predicted molar refractivity (Wildman–Crippen MR) is 117 cm³/mol. The van der Waals surface area contributed by atoms with Crippen LogP contribution < -0.4 is 5.32 Å². The fourth-order valence-corrected chi connectivity index (χ4v) is 5.88. The van der Waals surface area contributed by atoms with Crippen molar-refractivity contribution < 1.29 is 22.0 Å². The maximum absolute atomic E-state index is 13.7. The molecule has 2 saturated carbocycles. The zero-order valence-corrected chi connectivity index (χ0v) is 18.7. The average molecular weight is 464 g/mol. The van der Waals surface area contributed by atoms with E-state index in [1.54, 1.807) is 18.3 Å². The Morgan fingerprint density at radius 2 is 1.75 bits per heavy atom. The highest BCUT2D eigenvalue weighted by Crippen LogP contribution is 2.39. The van der Waals surface area contributed by atoms with E-state index in [0.29, 0.717) is 24.2 Å². The second-order valence-corrected chi connectivity index (χ2v) is 10.9. The van der Waals surface area contributed by atoms with E-state index in [9.17, 15) is 22.0 Å². The number of benzene rings is 1. The van der Waals surface area contributed by atoms with Crippen LogP contribution in [0.15, 0.2) is 41.6 Å². The topological polar surface area (TPSA) is 89.0 Å². The smallest absolute Gasteiger partial charge is 0.233 e. The highest BCUT2D eigenvalue weighted by molar-refractivity contribution is 7.92. The number of nitrogens with one attached hydrogen (secondary N) is 1. The molecule has 3 atom stereocenters. The number of halogens is 2. The van der Waals surface area contributed by atoms with Crippen molar-refractivity contribution in [2.45, 2.75) is 73.9 Å². The Kier molecular flexibility index (Phi) is 6.55. The van der Waals surface area contributed by atoms with Gasteiger partial charge in [-0.15, -0.1) is 0 Å². The molecule has 2 fully saturated rings. The number of carbonyl (C=O) groups is 1. The van der Waals surface area contributed by atoms with E-state index in [-0.39, 0.29) is 41.2 Å². The number of amides is 1. The zero-order chi connectivity index (χ0) is 22.9. The van der Waals surface area contributed by atoms with Crippen molar-refractivity contribution >= 4 is 21.6 Å². The summed E-state index contributed by atoms with van der Waals surface area (Å²) in [5.41, 5.74) is 1.40. The fraction of sp³-hybridized carbons (Fsp3) is 0.522. The normalized spacial score (nSPS) is 24.3. The van der Waals surface area contributed by atoms with E-state index < -0.39 is 28.1 Å². The molecule has 1 heterocycles. The lowest BCUT2D eigenvalue weighted by molar-refractivity contribution is -0.118. The lowest BCUT2D eigenvalue weighted by Gasteiger charge is -2.20. The molecule has 2 aliphatic rings. The van der Waals surface area contributed by atoms with Crippen LogP contribution in [0.4, 0.5) is 14.6 Å². The summed E-state index contributed by atoms with van der Waals surface area (Å²) in [5, 5.41) is 2.42. The van der Waals surface area contributed by atoms with E-state index in [0.717, 1.165) is 12.1 Å². The molecule has 0 spiro atoms. The van der Waals surface area contributed by atoms with Gasteiger partial charge < -0.3 is 5.32 Å². The highest BCUT2D eigenvalue weighted by Gasteiger charge is 2.38. The first-order valence-electron chi connectivity index (χ1n) is 11.0. The molecule has 0 bridgehead atoms. The van der Waals surface area contributed by atoms with Crippen LogP contribution in [-0.4, -0.2) is 41.9 Å². The SMILES string of the molecule is CCc1cnc(NC(=O)[C@H](CC2CC(F)C(F)C2)c2ccc(S(=O)(=O)C3CC3)cc2)cn1. The summed E-state index contributed by atoms with van der Waals surface area (Å²) in [5.74, 6) is -1.04. The number of hydrogen-bond acceptors (Lipinski definition) is 5. The van der Waals surface area contributed by atoms with Crippen LogP contribution in [0.25, 0.3) is 0 Å². The second-order valence-electron chi connectivity index (χ2n) is 8.71. The van der Waals surface area contributed by atoms with E-state index in [2.05, 4.69) is 15.3 Å². The summed E-state index contributed by atoms with van der Waals surface area (Å²) in [4.78, 5) is 21.8. The van der Waals surface area contributed by atoms with Crippen molar-refractivity contribution in [3.05, 3.63) is 47.9 Å². The van der Waals surface area contributed by atoms with E-state index in [4.69, 9.17) is 0 Å². The van der Waals surface area contributed by atoms with Crippen LogP contribution in [0.1, 0.15) is 56.2 Å². The zero-order valence-electron chi connectivity index (χ0n) is 17.9. The van der Waals surface area contributed by atoms with Gasteiger partial charge in [-0.2, -0.15) is 0 Å². The summed E-state index contributed by atoms with van der Waals surface area (Å²) in [6.45, 7) is 1.95. The second kappa shape index (κ2) is 9.21. The third-order valence-corrected chi connectivity index (χ3v) is 8.57. The van der Waals surface area contributed by atoms with E-state index >= 15 is 0 Å². The molecular formula is C23H27F2N3O3S. The predicted octanol–water partition coefficient (Wildman–Crippen LogP) is 4.17. The van der Waals surface area contributed by atoms with Crippen molar-refractivity contribution in [2.24, 2.45) is 5.92 Å². The molecule has 32 heavy (non-hydrogen) atoms. The molecule has 2 aromatic rings. The minimum absolute atomic E-state index is 0.0735. The number of rotatable bonds is 8. The number of nitrogens with zero attached hydrogens (tertiary/aromatic N) is 2. The summed E-state index contributed by atoms with van der Waals surface area (Å²) in [6.07, 6.45) is 2.51. The molecule has 4 rings (SSSR count). The maximum atomic E-state index is 13.7. The summed E-state index contributed by atoms with van der Waals surface area (Å²) >= 11 is 0. The van der Waals surface area contributed by atoms with Gasteiger partial charge >= 0.3 is 0 Å². The van der Waals surface area contributed by atoms with Crippen molar-refractivity contribution in [2.75, 3.05) is 5.32 Å². The largest absolute Gasteiger partial charge is 0.309 e. The van der Waals surface area contributed by atoms with Crippen LogP contribution in [0.2, 0.25) is 0 Å². The lowest BCUT2D eigenvalue weighted by Crippen LogP contribution is -2.24. The minimum Gasteiger partial charge on any atom is -0.309 e. The Morgan fingerprint density at radius 1 is 1.09 bits per heavy atom. The first-order valence-corrected chi connectivity index (χ1v) is 12.6. The quantitative estimate of drug-likeness (QED) is 0.635. The van der Waals surface area contributed by atoms with Crippen LogP contribution in [-0.2, 0) is 21.1 Å². The molecule has 0 aliphatic heterocycles. The Hall–Kier alpha value is -2.42. The standard InChI is InChI=1S/C23H27F2N3O3S/c1-2-16-12-27-22(13-26-16)28-23(29)19(9-14-10-20(24)21(25)11-14)15-3-5-17(6-4-15)32(30,31)18-7-8-18/h3-6,12-14,18-21H,2,7-11H2,1H3,(H,27,28,29)/t14?,19-,20?,21?/m1/s1. The Balaban J connectivity index is 1.55. The van der Waals surface area contributed by atoms with Gasteiger partial charge in [-0.25, -0.2) is 22.2 Å². The molecule has 1 N–H and O–H groups in total. The van der Waals surface area contributed by atoms with E-state index in [1.807, 2.05) is 6.92 Å². The van der Waals surface area contributed by atoms with Gasteiger partial charge in [-0.1, -0.05) is 19.1 Å². The third-order valence-electron chi connectivity index (χ3n) is 6.29. The molecule has 1 aromatic heterocycles. The van der Waals surface area contributed by atoms with E-state index in [1.165, 1.54) is 18.3 Å². The lowest BCUT2D eigenvalue weighted by atomic mass is 9.87. The van der Waals surface area contributed by atoms with Gasteiger partial charge in [0, 0.05) is 0 Å². The van der Waals surface area contributed by atoms with Crippen LogP contribution >= 0.6 is 0 Å². The van der Waals surface area contributed by atoms with Crippen LogP contribution in [0.5, 0.6) is 0 Å². The first kappa shape index (κ1) is 22.8. The molecule has 0 radical (unpaired) electrons. The van der Waals surface area contributed by atoms with Crippen molar-refractivity contribution in [1.82, 2.24) is 9.97 Å². The molecule has 2 aliphatic carbocycles. The maximum Gasteiger partial charge on any atom is 0.233 e. The number of hydrogen-bond donors (Lipinski definition) is 1. The Morgan fingerprint density at radius 3 is 2.28 bits per heavy atom. The van der Waals surface area contributed by atoms with Crippen molar-refractivity contribution in [1.29, 1.82) is 0 Å². The summed E-state index contributed by atoms with van der Waals surface area (Å²) in [6, 6.07) is 6.29. The molecule has 0 saturated heterocycles. The monoisotopic (exact) mass is 463 g/mol. The Bertz CT molecular complexity index is 1050.